The van der Waals surface area contributed by atoms with E-state index in [2.05, 4.69) is 32.6 Å². The molecule has 2 aromatic carbocycles. The van der Waals surface area contributed by atoms with E-state index in [1.807, 2.05) is 42.6 Å². The van der Waals surface area contributed by atoms with Gasteiger partial charge in [0.1, 0.15) is 0 Å². The molecule has 1 heterocycles. The van der Waals surface area contributed by atoms with Crippen molar-refractivity contribution in [2.75, 3.05) is 7.11 Å². The fourth-order valence-corrected chi connectivity index (χ4v) is 2.81. The minimum Gasteiger partial charge on any atom is -0.465 e. The molecule has 3 rings (SSSR count). The van der Waals surface area contributed by atoms with E-state index in [0.717, 1.165) is 21.9 Å². The zero-order chi connectivity index (χ0) is 14.8. The van der Waals surface area contributed by atoms with Gasteiger partial charge in [0.05, 0.1) is 12.7 Å². The maximum absolute atomic E-state index is 12.0. The number of rotatable bonds is 3. The molecule has 3 nitrogen and oxygen atoms in total. The number of methoxy groups -OCH3 is 1. The highest BCUT2D eigenvalue weighted by Crippen LogP contribution is 2.26. The third kappa shape index (κ3) is 2.72. The number of benzene rings is 2. The molecule has 21 heavy (non-hydrogen) atoms. The Bertz CT molecular complexity index is 793. The lowest BCUT2D eigenvalue weighted by Gasteiger charge is -2.05. The normalized spacial score (nSPS) is 10.8. The smallest absolute Gasteiger partial charge is 0.340 e. The highest BCUT2D eigenvalue weighted by atomic mass is 79.9. The summed E-state index contributed by atoms with van der Waals surface area (Å²) in [5.41, 5.74) is 2.79. The zero-order valence-corrected chi connectivity index (χ0v) is 13.1. The van der Waals surface area contributed by atoms with Crippen molar-refractivity contribution in [1.29, 1.82) is 0 Å². The van der Waals surface area contributed by atoms with Crippen LogP contribution in [0.3, 0.4) is 0 Å². The van der Waals surface area contributed by atoms with Gasteiger partial charge in [-0.2, -0.15) is 0 Å². The number of hydrogen-bond donors (Lipinski definition) is 0. The van der Waals surface area contributed by atoms with Crippen molar-refractivity contribution in [3.63, 3.8) is 0 Å². The number of halogens is 1. The first-order valence-electron chi connectivity index (χ1n) is 6.59. The maximum atomic E-state index is 12.0. The van der Waals surface area contributed by atoms with E-state index >= 15 is 0 Å². The Morgan fingerprint density at radius 3 is 2.67 bits per heavy atom. The minimum absolute atomic E-state index is 0.315. The van der Waals surface area contributed by atoms with Crippen molar-refractivity contribution in [1.82, 2.24) is 4.57 Å². The summed E-state index contributed by atoms with van der Waals surface area (Å²) in [4.78, 5) is 12.0. The Morgan fingerprint density at radius 1 is 1.19 bits per heavy atom. The number of fused-ring (bicyclic) bond motifs is 1. The SMILES string of the molecule is COC(=O)c1cn(Cc2ccccc2)c2ccc(Br)cc12. The maximum Gasteiger partial charge on any atom is 0.340 e. The molecule has 0 radical (unpaired) electrons. The van der Waals surface area contributed by atoms with Gasteiger partial charge in [-0.1, -0.05) is 46.3 Å². The fourth-order valence-electron chi connectivity index (χ4n) is 2.45. The first kappa shape index (κ1) is 13.9. The van der Waals surface area contributed by atoms with Crippen LogP contribution in [0.25, 0.3) is 10.9 Å². The summed E-state index contributed by atoms with van der Waals surface area (Å²) in [6.07, 6.45) is 1.86. The van der Waals surface area contributed by atoms with Crippen molar-refractivity contribution in [3.05, 3.63) is 70.3 Å². The summed E-state index contributed by atoms with van der Waals surface area (Å²) in [6.45, 7) is 0.718. The summed E-state index contributed by atoms with van der Waals surface area (Å²) in [5, 5.41) is 0.896. The molecule has 106 valence electrons. The van der Waals surface area contributed by atoms with Crippen molar-refractivity contribution in [2.45, 2.75) is 6.54 Å². The van der Waals surface area contributed by atoms with Crippen LogP contribution < -0.4 is 0 Å². The second-order valence-electron chi connectivity index (χ2n) is 4.81. The van der Waals surface area contributed by atoms with E-state index in [0.29, 0.717) is 5.56 Å². The summed E-state index contributed by atoms with van der Waals surface area (Å²) >= 11 is 3.45. The van der Waals surface area contributed by atoms with E-state index in [1.165, 1.54) is 12.7 Å². The average Bonchev–Trinajstić information content (AvgIpc) is 2.85. The van der Waals surface area contributed by atoms with Gasteiger partial charge in [-0.05, 0) is 23.8 Å². The lowest BCUT2D eigenvalue weighted by molar-refractivity contribution is 0.0602. The molecule has 0 unspecified atom stereocenters. The van der Waals surface area contributed by atoms with Crippen LogP contribution in [-0.4, -0.2) is 17.6 Å². The van der Waals surface area contributed by atoms with Gasteiger partial charge in [0.25, 0.3) is 0 Å². The third-order valence-electron chi connectivity index (χ3n) is 3.44. The highest BCUT2D eigenvalue weighted by molar-refractivity contribution is 9.10. The number of carbonyl (C=O) groups is 1. The number of ether oxygens (including phenoxy) is 1. The van der Waals surface area contributed by atoms with Crippen LogP contribution in [0.15, 0.2) is 59.2 Å². The van der Waals surface area contributed by atoms with E-state index in [1.54, 1.807) is 0 Å². The van der Waals surface area contributed by atoms with Gasteiger partial charge in [0.15, 0.2) is 0 Å². The molecule has 4 heteroatoms. The Kier molecular flexibility index (Phi) is 3.80. The van der Waals surface area contributed by atoms with Gasteiger partial charge in [-0.15, -0.1) is 0 Å². The van der Waals surface area contributed by atoms with E-state index in [4.69, 9.17) is 4.74 Å². The Labute approximate surface area is 131 Å². The molecule has 3 aromatic rings. The fraction of sp³-hybridized carbons (Fsp3) is 0.118. The molecule has 1 aromatic heterocycles. The van der Waals surface area contributed by atoms with Crippen molar-refractivity contribution in [3.8, 4) is 0 Å². The van der Waals surface area contributed by atoms with Crippen LogP contribution in [0.2, 0.25) is 0 Å². The number of esters is 1. The van der Waals surface area contributed by atoms with Gasteiger partial charge in [0.2, 0.25) is 0 Å². The molecule has 0 spiro atoms. The summed E-state index contributed by atoms with van der Waals surface area (Å²) in [5.74, 6) is -0.315. The van der Waals surface area contributed by atoms with Crippen LogP contribution in [-0.2, 0) is 11.3 Å². The first-order valence-corrected chi connectivity index (χ1v) is 7.39. The predicted molar refractivity (Wildman–Crippen MR) is 86.5 cm³/mol. The Morgan fingerprint density at radius 2 is 1.95 bits per heavy atom. The second kappa shape index (κ2) is 5.74. The number of nitrogens with zero attached hydrogens (tertiary/aromatic N) is 1. The monoisotopic (exact) mass is 343 g/mol. The van der Waals surface area contributed by atoms with Crippen LogP contribution in [0.5, 0.6) is 0 Å². The molecule has 0 amide bonds. The Hall–Kier alpha value is -2.07. The van der Waals surface area contributed by atoms with Crippen LogP contribution >= 0.6 is 15.9 Å². The van der Waals surface area contributed by atoms with Crippen molar-refractivity contribution < 1.29 is 9.53 Å². The van der Waals surface area contributed by atoms with Gasteiger partial charge in [-0.3, -0.25) is 0 Å². The van der Waals surface area contributed by atoms with E-state index < -0.39 is 0 Å². The molecule has 0 aliphatic carbocycles. The molecule has 0 atom stereocenters. The first-order chi connectivity index (χ1) is 10.2. The molecule has 0 aliphatic rings. The van der Waals surface area contributed by atoms with Crippen LogP contribution in [0.1, 0.15) is 15.9 Å². The molecule has 0 fully saturated rings. The highest BCUT2D eigenvalue weighted by Gasteiger charge is 2.15. The molecule has 0 saturated carbocycles. The Balaban J connectivity index is 2.12. The van der Waals surface area contributed by atoms with Crippen LogP contribution in [0.4, 0.5) is 0 Å². The third-order valence-corrected chi connectivity index (χ3v) is 3.94. The standard InChI is InChI=1S/C17H14BrNO2/c1-21-17(20)15-11-19(10-12-5-3-2-4-6-12)16-8-7-13(18)9-14(15)16/h2-9,11H,10H2,1H3. The topological polar surface area (TPSA) is 31.2 Å². The summed E-state index contributed by atoms with van der Waals surface area (Å²) in [6, 6.07) is 16.1. The molecule has 0 aliphatic heterocycles. The molecular weight excluding hydrogens is 330 g/mol. The lowest BCUT2D eigenvalue weighted by Crippen LogP contribution is -2.01. The molecule has 0 N–H and O–H groups in total. The number of hydrogen-bond acceptors (Lipinski definition) is 2. The predicted octanol–water partition coefficient (Wildman–Crippen LogP) is 4.24. The number of carbonyl (C=O) groups excluding carboxylic acids is 1. The second-order valence-corrected chi connectivity index (χ2v) is 5.73. The van der Waals surface area contributed by atoms with Gasteiger partial charge in [0, 0.05) is 28.1 Å². The quantitative estimate of drug-likeness (QED) is 0.666. The summed E-state index contributed by atoms with van der Waals surface area (Å²) < 4.78 is 7.90. The average molecular weight is 344 g/mol. The van der Waals surface area contributed by atoms with Gasteiger partial charge >= 0.3 is 5.97 Å². The largest absolute Gasteiger partial charge is 0.465 e. The van der Waals surface area contributed by atoms with Gasteiger partial charge in [-0.25, -0.2) is 4.79 Å². The zero-order valence-electron chi connectivity index (χ0n) is 11.5. The number of aromatic nitrogens is 1. The van der Waals surface area contributed by atoms with Crippen molar-refractivity contribution in [2.24, 2.45) is 0 Å². The molecule has 0 saturated heterocycles. The van der Waals surface area contributed by atoms with Crippen LogP contribution in [0, 0.1) is 0 Å². The van der Waals surface area contributed by atoms with E-state index in [9.17, 15) is 4.79 Å². The molecular formula is C17H14BrNO2. The van der Waals surface area contributed by atoms with E-state index in [-0.39, 0.29) is 5.97 Å². The lowest BCUT2D eigenvalue weighted by atomic mass is 10.2. The minimum atomic E-state index is -0.315. The van der Waals surface area contributed by atoms with Gasteiger partial charge < -0.3 is 9.30 Å². The summed E-state index contributed by atoms with van der Waals surface area (Å²) in [7, 11) is 1.40. The molecule has 0 bridgehead atoms. The van der Waals surface area contributed by atoms with Crippen molar-refractivity contribution >= 4 is 32.8 Å².